The van der Waals surface area contributed by atoms with E-state index in [-0.39, 0.29) is 0 Å². The molecule has 0 saturated carbocycles. The van der Waals surface area contributed by atoms with Crippen LogP contribution in [0.25, 0.3) is 0 Å². The first kappa shape index (κ1) is 21.5. The predicted molar refractivity (Wildman–Crippen MR) is 85.1 cm³/mol. The third-order valence-corrected chi connectivity index (χ3v) is 5.40. The van der Waals surface area contributed by atoms with Gasteiger partial charge in [0.05, 0.1) is 10.4 Å². The van der Waals surface area contributed by atoms with Crippen molar-refractivity contribution < 1.29 is 13.3 Å². The van der Waals surface area contributed by atoms with Crippen molar-refractivity contribution in [1.82, 2.24) is 10.6 Å². The Morgan fingerprint density at radius 1 is 0.895 bits per heavy atom. The molecule has 7 nitrogen and oxygen atoms in total. The van der Waals surface area contributed by atoms with Crippen molar-refractivity contribution in [1.29, 1.82) is 0 Å². The van der Waals surface area contributed by atoms with Crippen molar-refractivity contribution in [3.8, 4) is 0 Å². The van der Waals surface area contributed by atoms with Crippen LogP contribution in [0.5, 0.6) is 0 Å². The Morgan fingerprint density at radius 3 is 1.79 bits per heavy atom. The van der Waals surface area contributed by atoms with E-state index in [1.165, 1.54) is 0 Å². The molecule has 0 fully saturated rings. The van der Waals surface area contributed by atoms with E-state index in [2.05, 4.69) is 16.0 Å². The van der Waals surface area contributed by atoms with Gasteiger partial charge in [-0.05, 0) is 13.0 Å². The summed E-state index contributed by atoms with van der Waals surface area (Å²) in [6.07, 6.45) is 0.985. The lowest BCUT2D eigenvalue weighted by molar-refractivity contribution is 0.123. The maximum absolute atomic E-state index is 5.36. The standard InChI is InChI=1S/C10H27N3O3Si.H5NSi/c1-14-17(15-2,16-3)10-4-6-12-8-9-13-7-5-11;1-2/h12-13H,4-11H2,1-3H3;1H2,2H3. The summed E-state index contributed by atoms with van der Waals surface area (Å²) in [5.41, 5.74) is 5.36. The van der Waals surface area contributed by atoms with Crippen LogP contribution in [0.15, 0.2) is 0 Å². The molecule has 118 valence electrons. The van der Waals surface area contributed by atoms with Crippen molar-refractivity contribution in [3.63, 3.8) is 0 Å². The van der Waals surface area contributed by atoms with Crippen LogP contribution in [0.2, 0.25) is 6.04 Å². The molecule has 0 unspecified atom stereocenters. The maximum atomic E-state index is 5.36. The lowest BCUT2D eigenvalue weighted by atomic mass is 10.4. The van der Waals surface area contributed by atoms with Gasteiger partial charge in [-0.3, -0.25) is 0 Å². The van der Waals surface area contributed by atoms with Gasteiger partial charge in [0.2, 0.25) is 0 Å². The Balaban J connectivity index is 0. The minimum Gasteiger partial charge on any atom is -0.377 e. The summed E-state index contributed by atoms with van der Waals surface area (Å²) in [6.45, 7) is 4.38. The van der Waals surface area contributed by atoms with Gasteiger partial charge in [0.1, 0.15) is 0 Å². The van der Waals surface area contributed by atoms with E-state index in [0.717, 1.165) is 49.0 Å². The van der Waals surface area contributed by atoms with E-state index in [9.17, 15) is 0 Å². The Morgan fingerprint density at radius 2 is 1.37 bits per heavy atom. The van der Waals surface area contributed by atoms with Gasteiger partial charge in [-0.25, -0.2) is 0 Å². The highest BCUT2D eigenvalue weighted by Crippen LogP contribution is 2.14. The zero-order valence-electron chi connectivity index (χ0n) is 12.8. The summed E-state index contributed by atoms with van der Waals surface area (Å²) in [5, 5.41) is 11.2. The lowest BCUT2D eigenvalue weighted by Gasteiger charge is -2.24. The third kappa shape index (κ3) is 11.7. The summed E-state index contributed by atoms with van der Waals surface area (Å²) in [7, 11) is 3.36. The molecule has 0 aromatic heterocycles. The van der Waals surface area contributed by atoms with Gasteiger partial charge < -0.3 is 35.0 Å². The van der Waals surface area contributed by atoms with E-state index in [1.54, 1.807) is 21.3 Å². The van der Waals surface area contributed by atoms with Crippen LogP contribution >= 0.6 is 0 Å². The molecular formula is C10H32N4O3Si2. The van der Waals surface area contributed by atoms with Gasteiger partial charge in [0.25, 0.3) is 0 Å². The van der Waals surface area contributed by atoms with Gasteiger partial charge in [-0.1, -0.05) is 0 Å². The van der Waals surface area contributed by atoms with E-state index < -0.39 is 8.80 Å². The van der Waals surface area contributed by atoms with Crippen LogP contribution < -0.4 is 21.8 Å². The Bertz CT molecular complexity index is 169. The predicted octanol–water partition coefficient (Wildman–Crippen LogP) is -2.38. The molecule has 9 heteroatoms. The van der Waals surface area contributed by atoms with Crippen LogP contribution in [0.1, 0.15) is 6.42 Å². The topological polar surface area (TPSA) is 104 Å². The second-order valence-electron chi connectivity index (χ2n) is 3.69. The SMILES string of the molecule is CO[Si](CCCNCCNCCN)(OC)OC.N[SiH3]. The molecule has 0 rings (SSSR count). The first-order valence-electron chi connectivity index (χ1n) is 6.59. The van der Waals surface area contributed by atoms with Gasteiger partial charge in [-0.2, -0.15) is 0 Å². The summed E-state index contributed by atoms with van der Waals surface area (Å²) < 4.78 is 16.0. The number of nitrogens with one attached hydrogen (secondary N) is 2. The maximum Gasteiger partial charge on any atom is 0.500 e. The van der Waals surface area contributed by atoms with E-state index >= 15 is 0 Å². The fraction of sp³-hybridized carbons (Fsp3) is 1.00. The zero-order valence-corrected chi connectivity index (χ0v) is 15.8. The van der Waals surface area contributed by atoms with Gasteiger partial charge in [0, 0.05) is 53.6 Å². The molecule has 0 amide bonds. The molecule has 0 radical (unpaired) electrons. The number of nitrogens with two attached hydrogens (primary N) is 2. The number of hydrogen-bond acceptors (Lipinski definition) is 7. The molecule has 0 aromatic rings. The van der Waals surface area contributed by atoms with E-state index in [4.69, 9.17) is 19.0 Å². The molecular weight excluding hydrogens is 280 g/mol. The fourth-order valence-electron chi connectivity index (χ4n) is 1.51. The molecule has 0 saturated heterocycles. The number of hydrogen-bond donors (Lipinski definition) is 4. The summed E-state index contributed by atoms with van der Waals surface area (Å²) in [5.74, 6) is 0. The van der Waals surface area contributed by atoms with Crippen molar-refractivity contribution in [2.75, 3.05) is 54.1 Å². The summed E-state index contributed by atoms with van der Waals surface area (Å²) in [4.78, 5) is 0. The largest absolute Gasteiger partial charge is 0.500 e. The zero-order chi connectivity index (χ0) is 15.0. The summed E-state index contributed by atoms with van der Waals surface area (Å²) >= 11 is 0. The van der Waals surface area contributed by atoms with Crippen molar-refractivity contribution in [2.45, 2.75) is 12.5 Å². The van der Waals surface area contributed by atoms with Crippen molar-refractivity contribution >= 4 is 19.2 Å². The highest BCUT2D eigenvalue weighted by molar-refractivity contribution is 6.60. The second kappa shape index (κ2) is 16.2. The number of rotatable bonds is 12. The minimum atomic E-state index is -2.37. The first-order chi connectivity index (χ1) is 9.24. The molecule has 0 aliphatic rings. The van der Waals surface area contributed by atoms with Crippen LogP contribution in [0, 0.1) is 0 Å². The molecule has 19 heavy (non-hydrogen) atoms. The molecule has 0 aliphatic carbocycles. The summed E-state index contributed by atoms with van der Waals surface area (Å²) in [6, 6.07) is 0.833. The molecule has 6 N–H and O–H groups in total. The molecule has 0 atom stereocenters. The van der Waals surface area contributed by atoms with Crippen LogP contribution in [0.3, 0.4) is 0 Å². The Hall–Kier alpha value is 0.154. The fourth-order valence-corrected chi connectivity index (χ4v) is 3.24. The average molecular weight is 313 g/mol. The minimum absolute atomic E-state index is 0.684. The Labute approximate surface area is 121 Å². The average Bonchev–Trinajstić information content (AvgIpc) is 2.49. The molecule has 0 bridgehead atoms. The third-order valence-electron chi connectivity index (χ3n) is 2.57. The van der Waals surface area contributed by atoms with Gasteiger partial charge in [-0.15, -0.1) is 0 Å². The quantitative estimate of drug-likeness (QED) is 0.236. The van der Waals surface area contributed by atoms with Crippen molar-refractivity contribution in [2.24, 2.45) is 11.1 Å². The van der Waals surface area contributed by atoms with Crippen LogP contribution in [0.4, 0.5) is 0 Å². The highest BCUT2D eigenvalue weighted by atomic mass is 28.4. The van der Waals surface area contributed by atoms with Gasteiger partial charge >= 0.3 is 8.80 Å². The molecule has 0 aromatic carbocycles. The molecule has 0 heterocycles. The molecule has 0 spiro atoms. The van der Waals surface area contributed by atoms with Gasteiger partial charge in [0.15, 0.2) is 0 Å². The first-order valence-corrected chi connectivity index (χ1v) is 9.68. The monoisotopic (exact) mass is 312 g/mol. The Kier molecular flexibility index (Phi) is 18.3. The smallest absolute Gasteiger partial charge is 0.377 e. The normalized spacial score (nSPS) is 11.2. The van der Waals surface area contributed by atoms with E-state index in [0.29, 0.717) is 6.54 Å². The van der Waals surface area contributed by atoms with Crippen molar-refractivity contribution in [3.05, 3.63) is 0 Å². The highest BCUT2D eigenvalue weighted by Gasteiger charge is 2.36. The molecule has 0 aliphatic heterocycles. The van der Waals surface area contributed by atoms with E-state index in [1.807, 2.05) is 0 Å². The van der Waals surface area contributed by atoms with Crippen LogP contribution in [-0.2, 0) is 13.3 Å². The second-order valence-corrected chi connectivity index (χ2v) is 6.78. The van der Waals surface area contributed by atoms with Crippen LogP contribution in [-0.4, -0.2) is 73.3 Å². The lowest BCUT2D eigenvalue weighted by Crippen LogP contribution is -2.43.